The summed E-state index contributed by atoms with van der Waals surface area (Å²) in [6.07, 6.45) is 0. The summed E-state index contributed by atoms with van der Waals surface area (Å²) in [6.45, 7) is -1.15. The standard InChI is InChI=1S/C7H12N2O4.Na.H/c1-8-5(12)7(3-10,4-11)9(2)6(8)13;;/h10-11H,3-4H2,1-2H3;;/q;+1;-1. The summed E-state index contributed by atoms with van der Waals surface area (Å²) in [6, 6.07) is -0.520. The molecular weight excluding hydrogens is 199 g/mol. The fourth-order valence-electron chi connectivity index (χ4n) is 1.35. The van der Waals surface area contributed by atoms with Gasteiger partial charge in [-0.15, -0.1) is 0 Å². The van der Waals surface area contributed by atoms with Crippen molar-refractivity contribution in [3.8, 4) is 0 Å². The third-order valence-electron chi connectivity index (χ3n) is 2.44. The van der Waals surface area contributed by atoms with Crippen LogP contribution >= 0.6 is 0 Å². The van der Waals surface area contributed by atoms with Gasteiger partial charge in [0.2, 0.25) is 0 Å². The van der Waals surface area contributed by atoms with Crippen LogP contribution in [0.25, 0.3) is 0 Å². The second-order valence-corrected chi connectivity index (χ2v) is 3.05. The number of imide groups is 1. The molecule has 0 aromatic rings. The third-order valence-corrected chi connectivity index (χ3v) is 2.44. The number of carbonyl (C=O) groups excluding carboxylic acids is 2. The van der Waals surface area contributed by atoms with Gasteiger partial charge < -0.3 is 16.5 Å². The monoisotopic (exact) mass is 212 g/mol. The number of likely N-dealkylation sites (N-methyl/N-ethyl adjacent to an activating group) is 2. The molecule has 0 unspecified atom stereocenters. The first-order chi connectivity index (χ1) is 6.01. The number of amides is 3. The second kappa shape index (κ2) is 4.59. The zero-order valence-corrected chi connectivity index (χ0v) is 10.5. The number of carbonyl (C=O) groups is 2. The van der Waals surface area contributed by atoms with Crippen LogP contribution in [0.3, 0.4) is 0 Å². The van der Waals surface area contributed by atoms with E-state index in [1.54, 1.807) is 0 Å². The molecule has 0 radical (unpaired) electrons. The first-order valence-corrected chi connectivity index (χ1v) is 3.79. The molecule has 0 saturated carbocycles. The maximum Gasteiger partial charge on any atom is 1.00 e. The van der Waals surface area contributed by atoms with Gasteiger partial charge in [0, 0.05) is 14.1 Å². The number of hydrogen-bond donors (Lipinski definition) is 2. The van der Waals surface area contributed by atoms with Crippen LogP contribution in [0.4, 0.5) is 4.79 Å². The molecule has 1 aliphatic rings. The summed E-state index contributed by atoms with van der Waals surface area (Å²) >= 11 is 0. The molecule has 1 rings (SSSR count). The first-order valence-electron chi connectivity index (χ1n) is 3.79. The predicted molar refractivity (Wildman–Crippen MR) is 43.9 cm³/mol. The van der Waals surface area contributed by atoms with Crippen LogP contribution in [0.15, 0.2) is 0 Å². The Balaban J connectivity index is 0. The van der Waals surface area contributed by atoms with Crippen molar-refractivity contribution >= 4 is 11.9 Å². The predicted octanol–water partition coefficient (Wildman–Crippen LogP) is -4.65. The fourth-order valence-corrected chi connectivity index (χ4v) is 1.35. The summed E-state index contributed by atoms with van der Waals surface area (Å²) in [5.41, 5.74) is -1.48. The van der Waals surface area contributed by atoms with Gasteiger partial charge in [-0.2, -0.15) is 0 Å². The van der Waals surface area contributed by atoms with E-state index in [1.807, 2.05) is 0 Å². The Morgan fingerprint density at radius 2 is 1.71 bits per heavy atom. The Morgan fingerprint density at radius 1 is 1.29 bits per heavy atom. The van der Waals surface area contributed by atoms with E-state index in [4.69, 9.17) is 10.2 Å². The Labute approximate surface area is 105 Å². The maximum absolute atomic E-state index is 11.5. The Kier molecular flexibility index (Phi) is 4.54. The van der Waals surface area contributed by atoms with E-state index >= 15 is 0 Å². The average Bonchev–Trinajstić information content (AvgIpc) is 2.31. The van der Waals surface area contributed by atoms with E-state index in [2.05, 4.69) is 0 Å². The summed E-state index contributed by atoms with van der Waals surface area (Å²) < 4.78 is 0. The molecule has 0 aliphatic carbocycles. The zero-order chi connectivity index (χ0) is 10.2. The van der Waals surface area contributed by atoms with Gasteiger partial charge in [0.05, 0.1) is 13.2 Å². The Bertz CT molecular complexity index is 259. The molecule has 2 N–H and O–H groups in total. The Morgan fingerprint density at radius 3 is 1.86 bits per heavy atom. The molecule has 6 nitrogen and oxygen atoms in total. The Hall–Kier alpha value is -0.140. The second-order valence-electron chi connectivity index (χ2n) is 3.05. The molecule has 7 heteroatoms. The normalized spacial score (nSPS) is 20.0. The summed E-state index contributed by atoms with van der Waals surface area (Å²) in [5, 5.41) is 18.0. The molecule has 1 saturated heterocycles. The largest absolute Gasteiger partial charge is 1.00 e. The van der Waals surface area contributed by atoms with E-state index in [0.29, 0.717) is 0 Å². The van der Waals surface area contributed by atoms with E-state index in [-0.39, 0.29) is 31.0 Å². The minimum atomic E-state index is -1.48. The molecule has 3 amide bonds. The van der Waals surface area contributed by atoms with Gasteiger partial charge >= 0.3 is 35.6 Å². The van der Waals surface area contributed by atoms with Crippen molar-refractivity contribution in [2.45, 2.75) is 5.54 Å². The topological polar surface area (TPSA) is 81.1 Å². The molecular formula is C7H13N2NaO4. The average molecular weight is 212 g/mol. The van der Waals surface area contributed by atoms with Crippen molar-refractivity contribution in [3.63, 3.8) is 0 Å². The van der Waals surface area contributed by atoms with Gasteiger partial charge in [0.1, 0.15) is 0 Å². The minimum Gasteiger partial charge on any atom is -1.00 e. The number of rotatable bonds is 2. The first kappa shape index (κ1) is 13.9. The van der Waals surface area contributed by atoms with Crippen LogP contribution in [0.2, 0.25) is 0 Å². The third kappa shape index (κ3) is 1.57. The molecule has 0 atom stereocenters. The van der Waals surface area contributed by atoms with Gasteiger partial charge in [0.25, 0.3) is 5.91 Å². The zero-order valence-electron chi connectivity index (χ0n) is 9.52. The van der Waals surface area contributed by atoms with Gasteiger partial charge in [-0.1, -0.05) is 0 Å². The minimum absolute atomic E-state index is 0. The van der Waals surface area contributed by atoms with Crippen molar-refractivity contribution in [2.24, 2.45) is 0 Å². The number of urea groups is 1. The van der Waals surface area contributed by atoms with Crippen molar-refractivity contribution in [1.82, 2.24) is 9.80 Å². The van der Waals surface area contributed by atoms with Crippen molar-refractivity contribution < 1.29 is 50.8 Å². The van der Waals surface area contributed by atoms with Crippen LogP contribution in [0.1, 0.15) is 1.43 Å². The van der Waals surface area contributed by atoms with Crippen molar-refractivity contribution in [3.05, 3.63) is 0 Å². The summed E-state index contributed by atoms with van der Waals surface area (Å²) in [7, 11) is 2.68. The quantitative estimate of drug-likeness (QED) is 0.356. The van der Waals surface area contributed by atoms with Crippen LogP contribution in [-0.2, 0) is 4.79 Å². The summed E-state index contributed by atoms with van der Waals surface area (Å²) in [5.74, 6) is -0.579. The van der Waals surface area contributed by atoms with Crippen molar-refractivity contribution in [2.75, 3.05) is 27.3 Å². The van der Waals surface area contributed by atoms with Gasteiger partial charge in [0.15, 0.2) is 5.54 Å². The van der Waals surface area contributed by atoms with Crippen LogP contribution in [-0.4, -0.2) is 64.8 Å². The van der Waals surface area contributed by atoms with E-state index in [1.165, 1.54) is 14.1 Å². The van der Waals surface area contributed by atoms with E-state index in [0.717, 1.165) is 9.80 Å². The molecule has 1 aliphatic heterocycles. The van der Waals surface area contributed by atoms with Crippen LogP contribution < -0.4 is 29.6 Å². The smallest absolute Gasteiger partial charge is 1.00 e. The molecule has 0 bridgehead atoms. The number of aliphatic hydroxyl groups excluding tert-OH is 2. The molecule has 0 aromatic heterocycles. The molecule has 0 spiro atoms. The van der Waals surface area contributed by atoms with E-state index < -0.39 is 30.7 Å². The molecule has 1 fully saturated rings. The maximum atomic E-state index is 11.5. The molecule has 14 heavy (non-hydrogen) atoms. The molecule has 1 heterocycles. The summed E-state index contributed by atoms with van der Waals surface area (Å²) in [4.78, 5) is 24.6. The van der Waals surface area contributed by atoms with Gasteiger partial charge in [-0.3, -0.25) is 9.69 Å². The van der Waals surface area contributed by atoms with Crippen molar-refractivity contribution in [1.29, 1.82) is 0 Å². The number of aliphatic hydroxyl groups is 2. The SMILES string of the molecule is CN1C(=O)N(C)C(CO)(CO)C1=O.[H-].[Na+]. The van der Waals surface area contributed by atoms with Crippen LogP contribution in [0.5, 0.6) is 0 Å². The van der Waals surface area contributed by atoms with Crippen LogP contribution in [0, 0.1) is 0 Å². The van der Waals surface area contributed by atoms with Gasteiger partial charge in [-0.25, -0.2) is 4.79 Å². The molecule has 76 valence electrons. The van der Waals surface area contributed by atoms with E-state index in [9.17, 15) is 9.59 Å². The van der Waals surface area contributed by atoms with Gasteiger partial charge in [-0.05, 0) is 0 Å². The number of hydrogen-bond acceptors (Lipinski definition) is 4. The number of nitrogens with zero attached hydrogens (tertiary/aromatic N) is 2. The fraction of sp³-hybridized carbons (Fsp3) is 0.714. The molecule has 0 aromatic carbocycles.